The van der Waals surface area contributed by atoms with Crippen molar-refractivity contribution in [1.29, 1.82) is 0 Å². The molecular weight excluding hydrogens is 361 g/mol. The minimum atomic E-state index is -0.541. The first kappa shape index (κ1) is 16.1. The zero-order valence-corrected chi connectivity index (χ0v) is 14.3. The van der Waals surface area contributed by atoms with Gasteiger partial charge in [0.15, 0.2) is 0 Å². The monoisotopic (exact) mass is 373 g/mol. The van der Waals surface area contributed by atoms with Crippen LogP contribution >= 0.6 is 0 Å². The number of fused-ring (bicyclic) bond motifs is 1. The van der Waals surface area contributed by atoms with Gasteiger partial charge in [-0.2, -0.15) is 9.49 Å². The Morgan fingerprint density at radius 3 is 2.89 bits per heavy atom. The van der Waals surface area contributed by atoms with E-state index in [1.54, 1.807) is 42.7 Å². The highest BCUT2D eigenvalue weighted by Crippen LogP contribution is 2.30. The smallest absolute Gasteiger partial charge is 0.273 e. The minimum Gasteiger partial charge on any atom is -0.327 e. The summed E-state index contributed by atoms with van der Waals surface area (Å²) < 4.78 is 15.4. The van der Waals surface area contributed by atoms with Gasteiger partial charge in [-0.3, -0.25) is 9.89 Å². The number of rotatable bonds is 3. The summed E-state index contributed by atoms with van der Waals surface area (Å²) in [5, 5.41) is 16.2. The molecule has 1 aromatic carbocycles. The van der Waals surface area contributed by atoms with Crippen molar-refractivity contribution in [2.24, 2.45) is 0 Å². The quantitative estimate of drug-likeness (QED) is 0.473. The van der Waals surface area contributed by atoms with Gasteiger partial charge in [0.25, 0.3) is 5.56 Å². The van der Waals surface area contributed by atoms with Crippen LogP contribution in [0.1, 0.15) is 0 Å². The molecule has 28 heavy (non-hydrogen) atoms. The van der Waals surface area contributed by atoms with E-state index in [1.165, 1.54) is 10.9 Å². The van der Waals surface area contributed by atoms with Gasteiger partial charge in [-0.05, 0) is 42.0 Å². The molecule has 9 heteroatoms. The van der Waals surface area contributed by atoms with E-state index in [9.17, 15) is 9.18 Å². The molecule has 0 radical (unpaired) electrons. The molecule has 136 valence electrons. The number of hydrogen-bond donors (Lipinski definition) is 2. The lowest BCUT2D eigenvalue weighted by Crippen LogP contribution is -2.13. The van der Waals surface area contributed by atoms with E-state index in [-0.39, 0.29) is 5.56 Å². The maximum Gasteiger partial charge on any atom is 0.273 e. The second-order valence-electron chi connectivity index (χ2n) is 6.11. The highest BCUT2D eigenvalue weighted by atomic mass is 19.1. The summed E-state index contributed by atoms with van der Waals surface area (Å²) in [6, 6.07) is 12.1. The van der Waals surface area contributed by atoms with Crippen LogP contribution in [0.15, 0.2) is 65.8 Å². The van der Waals surface area contributed by atoms with Crippen LogP contribution < -0.4 is 5.56 Å². The molecule has 0 saturated carbocycles. The predicted molar refractivity (Wildman–Crippen MR) is 100 cm³/mol. The van der Waals surface area contributed by atoms with Gasteiger partial charge in [-0.25, -0.2) is 9.67 Å². The Morgan fingerprint density at radius 1 is 1.11 bits per heavy atom. The van der Waals surface area contributed by atoms with Crippen molar-refractivity contribution >= 4 is 10.9 Å². The lowest BCUT2D eigenvalue weighted by atomic mass is 10.0. The highest BCUT2D eigenvalue weighted by molar-refractivity contribution is 5.94. The van der Waals surface area contributed by atoms with Crippen molar-refractivity contribution in [2.75, 3.05) is 0 Å². The number of aromatic nitrogens is 7. The molecule has 0 unspecified atom stereocenters. The highest BCUT2D eigenvalue weighted by Gasteiger charge is 2.15. The zero-order chi connectivity index (χ0) is 19.1. The molecule has 0 aliphatic rings. The van der Waals surface area contributed by atoms with Crippen LogP contribution in [-0.2, 0) is 0 Å². The third-order valence-electron chi connectivity index (χ3n) is 4.41. The van der Waals surface area contributed by atoms with E-state index in [1.807, 2.05) is 12.1 Å². The number of H-pyrrole nitrogens is 2. The van der Waals surface area contributed by atoms with Crippen molar-refractivity contribution in [3.63, 3.8) is 0 Å². The molecule has 0 fully saturated rings. The number of aromatic amines is 2. The Labute approximate surface area is 156 Å². The zero-order valence-electron chi connectivity index (χ0n) is 14.3. The Hall–Kier alpha value is -4.14. The summed E-state index contributed by atoms with van der Waals surface area (Å²) >= 11 is 0. The molecule has 0 aliphatic heterocycles. The summed E-state index contributed by atoms with van der Waals surface area (Å²) in [6.07, 6.45) is 4.58. The van der Waals surface area contributed by atoms with Gasteiger partial charge in [0.05, 0.1) is 11.7 Å². The maximum atomic E-state index is 14.1. The van der Waals surface area contributed by atoms with Crippen molar-refractivity contribution in [2.45, 2.75) is 0 Å². The summed E-state index contributed by atoms with van der Waals surface area (Å²) in [4.78, 5) is 18.2. The first-order valence-corrected chi connectivity index (χ1v) is 8.40. The molecule has 0 spiro atoms. The second kappa shape index (κ2) is 6.23. The van der Waals surface area contributed by atoms with Crippen LogP contribution in [0, 0.1) is 5.95 Å². The van der Waals surface area contributed by atoms with Gasteiger partial charge in [0.1, 0.15) is 17.1 Å². The first-order chi connectivity index (χ1) is 13.7. The van der Waals surface area contributed by atoms with Crippen LogP contribution in [0.5, 0.6) is 0 Å². The third kappa shape index (κ3) is 2.57. The lowest BCUT2D eigenvalue weighted by Gasteiger charge is -2.03. The summed E-state index contributed by atoms with van der Waals surface area (Å²) in [5.41, 5.74) is 2.95. The normalized spacial score (nSPS) is 11.2. The second-order valence-corrected chi connectivity index (χ2v) is 6.11. The van der Waals surface area contributed by atoms with Gasteiger partial charge in [-0.15, -0.1) is 5.10 Å². The summed E-state index contributed by atoms with van der Waals surface area (Å²) in [7, 11) is 0. The molecule has 0 bridgehead atoms. The molecule has 8 nitrogen and oxygen atoms in total. The minimum absolute atomic E-state index is 0.278. The average Bonchev–Trinajstić information content (AvgIpc) is 3.35. The Kier molecular flexibility index (Phi) is 3.58. The first-order valence-electron chi connectivity index (χ1n) is 8.40. The van der Waals surface area contributed by atoms with E-state index in [2.05, 4.69) is 30.5 Å². The van der Waals surface area contributed by atoms with Gasteiger partial charge >= 0.3 is 0 Å². The van der Waals surface area contributed by atoms with E-state index in [4.69, 9.17) is 0 Å². The van der Waals surface area contributed by atoms with Crippen LogP contribution in [0.2, 0.25) is 0 Å². The molecule has 0 atom stereocenters. The number of pyridine rings is 2. The van der Waals surface area contributed by atoms with Gasteiger partial charge in [0.2, 0.25) is 5.95 Å². The predicted octanol–water partition coefficient (Wildman–Crippen LogP) is 2.70. The molecule has 0 amide bonds. The molecule has 5 aromatic rings. The Bertz CT molecular complexity index is 1370. The summed E-state index contributed by atoms with van der Waals surface area (Å²) in [5.74, 6) is -0.541. The third-order valence-corrected chi connectivity index (χ3v) is 4.41. The molecule has 5 rings (SSSR count). The van der Waals surface area contributed by atoms with Gasteiger partial charge < -0.3 is 4.98 Å². The standard InChI is InChI=1S/C19H12FN7O/c20-18-12(3-1-7-21-18)11-5-6-14-13(9-11)17(25-23-14)15-10-27(26-24-15)16-4-2-8-22-19(16)28/h1-10H,(H,22,28)(H,23,25). The molecule has 4 aromatic heterocycles. The topological polar surface area (TPSA) is 105 Å². The van der Waals surface area contributed by atoms with Crippen molar-refractivity contribution in [1.82, 2.24) is 35.2 Å². The molecule has 2 N–H and O–H groups in total. The number of hydrogen-bond acceptors (Lipinski definition) is 5. The van der Waals surface area contributed by atoms with Crippen LogP contribution in [0.3, 0.4) is 0 Å². The van der Waals surface area contributed by atoms with Crippen LogP contribution in [-0.4, -0.2) is 35.2 Å². The van der Waals surface area contributed by atoms with E-state index in [0.29, 0.717) is 28.2 Å². The Morgan fingerprint density at radius 2 is 2.04 bits per heavy atom. The van der Waals surface area contributed by atoms with E-state index in [0.717, 1.165) is 10.9 Å². The van der Waals surface area contributed by atoms with Gasteiger partial charge in [-0.1, -0.05) is 11.3 Å². The number of halogens is 1. The fourth-order valence-electron chi connectivity index (χ4n) is 3.06. The largest absolute Gasteiger partial charge is 0.327 e. The van der Waals surface area contributed by atoms with Gasteiger partial charge in [0, 0.05) is 23.3 Å². The molecule has 0 saturated heterocycles. The van der Waals surface area contributed by atoms with Crippen molar-refractivity contribution in [3.05, 3.63) is 77.4 Å². The fraction of sp³-hybridized carbons (Fsp3) is 0. The number of benzene rings is 1. The molecule has 4 heterocycles. The molecular formula is C19H12FN7O. The van der Waals surface area contributed by atoms with E-state index < -0.39 is 5.95 Å². The van der Waals surface area contributed by atoms with Crippen molar-refractivity contribution < 1.29 is 4.39 Å². The lowest BCUT2D eigenvalue weighted by molar-refractivity contribution is 0.587. The van der Waals surface area contributed by atoms with Crippen LogP contribution in [0.25, 0.3) is 39.1 Å². The maximum absolute atomic E-state index is 14.1. The summed E-state index contributed by atoms with van der Waals surface area (Å²) in [6.45, 7) is 0. The Balaban J connectivity index is 1.63. The van der Waals surface area contributed by atoms with E-state index >= 15 is 0 Å². The number of nitrogens with one attached hydrogen (secondary N) is 2. The molecule has 0 aliphatic carbocycles. The van der Waals surface area contributed by atoms with Crippen LogP contribution in [0.4, 0.5) is 4.39 Å². The SMILES string of the molecule is O=c1[nH]cccc1-n1cc(-c2n[nH]c3ccc(-c4cccnc4F)cc23)nn1. The average molecular weight is 373 g/mol. The van der Waals surface area contributed by atoms with Crippen molar-refractivity contribution in [3.8, 4) is 28.2 Å². The fourth-order valence-corrected chi connectivity index (χ4v) is 3.06. The number of nitrogens with zero attached hydrogens (tertiary/aromatic N) is 5.